The predicted molar refractivity (Wildman–Crippen MR) is 95.3 cm³/mol. The van der Waals surface area contributed by atoms with E-state index in [1.54, 1.807) is 7.11 Å². The molecule has 0 radical (unpaired) electrons. The highest BCUT2D eigenvalue weighted by Gasteiger charge is 2.43. The second kappa shape index (κ2) is 7.50. The molecule has 1 aromatic rings. The number of anilines is 1. The van der Waals surface area contributed by atoms with E-state index in [0.29, 0.717) is 6.61 Å². The Labute approximate surface area is 149 Å². The van der Waals surface area contributed by atoms with Crippen molar-refractivity contribution in [3.63, 3.8) is 0 Å². The Hall–Kier alpha value is -1.34. The summed E-state index contributed by atoms with van der Waals surface area (Å²) in [6.07, 6.45) is 1.88. The van der Waals surface area contributed by atoms with Gasteiger partial charge >= 0.3 is 0 Å². The lowest BCUT2D eigenvalue weighted by Crippen LogP contribution is -2.49. The Morgan fingerprint density at radius 1 is 1.12 bits per heavy atom. The van der Waals surface area contributed by atoms with E-state index < -0.39 is 0 Å². The molecule has 1 spiro atoms. The fraction of sp³-hybridized carbons (Fsp3) is 0.684. The molecule has 4 rings (SSSR count). The van der Waals surface area contributed by atoms with Crippen LogP contribution in [0.2, 0.25) is 0 Å². The van der Waals surface area contributed by atoms with Gasteiger partial charge in [-0.1, -0.05) is 12.1 Å². The Kier molecular flexibility index (Phi) is 5.12. The van der Waals surface area contributed by atoms with Crippen molar-refractivity contribution in [1.29, 1.82) is 0 Å². The molecule has 1 atom stereocenters. The SMILES string of the molecule is COc1ccccc1N1CCN(CC2COC3(CCOCC3)O2)CC1. The summed E-state index contributed by atoms with van der Waals surface area (Å²) in [6, 6.07) is 8.25. The number of nitrogens with zero attached hydrogens (tertiary/aromatic N) is 2. The molecule has 3 heterocycles. The highest BCUT2D eigenvalue weighted by Crippen LogP contribution is 2.34. The lowest BCUT2D eigenvalue weighted by Gasteiger charge is -2.37. The van der Waals surface area contributed by atoms with Crippen LogP contribution in [-0.2, 0) is 14.2 Å². The van der Waals surface area contributed by atoms with Crippen LogP contribution in [0.3, 0.4) is 0 Å². The summed E-state index contributed by atoms with van der Waals surface area (Å²) in [5, 5.41) is 0. The van der Waals surface area contributed by atoms with E-state index in [1.807, 2.05) is 12.1 Å². The molecule has 3 aliphatic heterocycles. The Morgan fingerprint density at radius 3 is 2.64 bits per heavy atom. The number of rotatable bonds is 4. The van der Waals surface area contributed by atoms with E-state index >= 15 is 0 Å². The minimum Gasteiger partial charge on any atom is -0.495 e. The number of benzene rings is 1. The molecule has 0 aliphatic carbocycles. The lowest BCUT2D eigenvalue weighted by molar-refractivity contribution is -0.212. The molecular weight excluding hydrogens is 320 g/mol. The molecule has 0 bridgehead atoms. The third-order valence-corrected chi connectivity index (χ3v) is 5.43. The Morgan fingerprint density at radius 2 is 1.88 bits per heavy atom. The largest absolute Gasteiger partial charge is 0.495 e. The average molecular weight is 348 g/mol. The van der Waals surface area contributed by atoms with Crippen LogP contribution >= 0.6 is 0 Å². The standard InChI is InChI=1S/C19H28N2O4/c1-22-18-5-3-2-4-17(18)21-10-8-20(9-11-21)14-16-15-24-19(25-16)6-12-23-13-7-19/h2-5,16H,6-15H2,1H3. The monoisotopic (exact) mass is 348 g/mol. The number of methoxy groups -OCH3 is 1. The molecule has 3 saturated heterocycles. The maximum Gasteiger partial charge on any atom is 0.173 e. The van der Waals surface area contributed by atoms with E-state index in [4.69, 9.17) is 18.9 Å². The van der Waals surface area contributed by atoms with Crippen LogP contribution in [0.25, 0.3) is 0 Å². The van der Waals surface area contributed by atoms with Crippen LogP contribution in [0.15, 0.2) is 24.3 Å². The van der Waals surface area contributed by atoms with Crippen LogP contribution in [0.4, 0.5) is 5.69 Å². The first-order valence-electron chi connectivity index (χ1n) is 9.28. The molecule has 6 heteroatoms. The van der Waals surface area contributed by atoms with Gasteiger partial charge < -0.3 is 23.8 Å². The molecule has 0 N–H and O–H groups in total. The topological polar surface area (TPSA) is 43.4 Å². The van der Waals surface area contributed by atoms with Gasteiger partial charge in [0.15, 0.2) is 5.79 Å². The number of ether oxygens (including phenoxy) is 4. The Bertz CT molecular complexity index is 568. The van der Waals surface area contributed by atoms with E-state index in [0.717, 1.165) is 64.5 Å². The summed E-state index contributed by atoms with van der Waals surface area (Å²) in [6.45, 7) is 7.21. The van der Waals surface area contributed by atoms with E-state index in [1.165, 1.54) is 5.69 Å². The van der Waals surface area contributed by atoms with Gasteiger partial charge in [-0.2, -0.15) is 0 Å². The fourth-order valence-electron chi connectivity index (χ4n) is 4.00. The van der Waals surface area contributed by atoms with Crippen molar-refractivity contribution < 1.29 is 18.9 Å². The molecule has 1 aromatic carbocycles. The zero-order chi connectivity index (χ0) is 17.1. The summed E-state index contributed by atoms with van der Waals surface area (Å²) >= 11 is 0. The summed E-state index contributed by atoms with van der Waals surface area (Å²) in [5.74, 6) is 0.576. The van der Waals surface area contributed by atoms with Crippen molar-refractivity contribution in [2.24, 2.45) is 0 Å². The van der Waals surface area contributed by atoms with Crippen LogP contribution in [0.1, 0.15) is 12.8 Å². The molecule has 138 valence electrons. The van der Waals surface area contributed by atoms with Gasteiger partial charge in [-0.3, -0.25) is 4.90 Å². The fourth-order valence-corrected chi connectivity index (χ4v) is 4.00. The van der Waals surface area contributed by atoms with Crippen molar-refractivity contribution in [3.05, 3.63) is 24.3 Å². The van der Waals surface area contributed by atoms with Crippen molar-refractivity contribution in [2.45, 2.75) is 24.7 Å². The first-order chi connectivity index (χ1) is 12.3. The van der Waals surface area contributed by atoms with Gasteiger partial charge in [-0.05, 0) is 12.1 Å². The van der Waals surface area contributed by atoms with Crippen LogP contribution in [0.5, 0.6) is 5.75 Å². The molecule has 0 amide bonds. The zero-order valence-corrected chi connectivity index (χ0v) is 15.0. The van der Waals surface area contributed by atoms with Gasteiger partial charge in [0, 0.05) is 45.6 Å². The van der Waals surface area contributed by atoms with Crippen molar-refractivity contribution in [3.8, 4) is 5.75 Å². The smallest absolute Gasteiger partial charge is 0.173 e. The number of piperazine rings is 1. The number of hydrogen-bond donors (Lipinski definition) is 0. The summed E-state index contributed by atoms with van der Waals surface area (Å²) < 4.78 is 23.2. The summed E-state index contributed by atoms with van der Waals surface area (Å²) in [5.41, 5.74) is 1.19. The quantitative estimate of drug-likeness (QED) is 0.826. The zero-order valence-electron chi connectivity index (χ0n) is 15.0. The van der Waals surface area contributed by atoms with Gasteiger partial charge in [0.2, 0.25) is 0 Å². The molecule has 3 fully saturated rings. The molecular formula is C19H28N2O4. The van der Waals surface area contributed by atoms with Crippen LogP contribution in [0, 0.1) is 0 Å². The minimum absolute atomic E-state index is 0.177. The molecule has 0 saturated carbocycles. The third kappa shape index (κ3) is 3.77. The van der Waals surface area contributed by atoms with Crippen molar-refractivity contribution in [2.75, 3.05) is 64.6 Å². The molecule has 6 nitrogen and oxygen atoms in total. The molecule has 1 unspecified atom stereocenters. The van der Waals surface area contributed by atoms with E-state index in [-0.39, 0.29) is 11.9 Å². The van der Waals surface area contributed by atoms with Gasteiger partial charge in [0.05, 0.1) is 38.7 Å². The molecule has 3 aliphatic rings. The van der Waals surface area contributed by atoms with Crippen LogP contribution in [-0.4, -0.2) is 76.4 Å². The van der Waals surface area contributed by atoms with Gasteiger partial charge in [-0.25, -0.2) is 0 Å². The first-order valence-corrected chi connectivity index (χ1v) is 9.28. The van der Waals surface area contributed by atoms with Gasteiger partial charge in [0.1, 0.15) is 5.75 Å². The number of para-hydroxylation sites is 2. The highest BCUT2D eigenvalue weighted by atomic mass is 16.7. The maximum absolute atomic E-state index is 6.26. The first kappa shape index (κ1) is 17.1. The second-order valence-corrected chi connectivity index (χ2v) is 7.03. The molecule has 0 aromatic heterocycles. The van der Waals surface area contributed by atoms with Gasteiger partial charge in [0.25, 0.3) is 0 Å². The predicted octanol–water partition coefficient (Wildman–Crippen LogP) is 1.74. The lowest BCUT2D eigenvalue weighted by atomic mass is 10.1. The van der Waals surface area contributed by atoms with Crippen LogP contribution < -0.4 is 9.64 Å². The second-order valence-electron chi connectivity index (χ2n) is 7.03. The summed E-state index contributed by atoms with van der Waals surface area (Å²) in [4.78, 5) is 4.89. The average Bonchev–Trinajstić information content (AvgIpc) is 3.04. The molecule has 25 heavy (non-hydrogen) atoms. The normalized spacial score (nSPS) is 26.9. The minimum atomic E-state index is -0.373. The maximum atomic E-state index is 6.26. The van der Waals surface area contributed by atoms with Crippen molar-refractivity contribution in [1.82, 2.24) is 4.90 Å². The highest BCUT2D eigenvalue weighted by molar-refractivity contribution is 5.58. The van der Waals surface area contributed by atoms with E-state index in [2.05, 4.69) is 21.9 Å². The van der Waals surface area contributed by atoms with E-state index in [9.17, 15) is 0 Å². The summed E-state index contributed by atoms with van der Waals surface area (Å²) in [7, 11) is 1.73. The Balaban J connectivity index is 1.28. The number of hydrogen-bond acceptors (Lipinski definition) is 6. The van der Waals surface area contributed by atoms with Gasteiger partial charge in [-0.15, -0.1) is 0 Å². The van der Waals surface area contributed by atoms with Crippen molar-refractivity contribution >= 4 is 5.69 Å². The third-order valence-electron chi connectivity index (χ3n) is 5.43.